The number of hydrogen-bond donors (Lipinski definition) is 1. The van der Waals surface area contributed by atoms with Gasteiger partial charge in [0.1, 0.15) is 0 Å². The summed E-state index contributed by atoms with van der Waals surface area (Å²) in [6, 6.07) is 0.144. The maximum absolute atomic E-state index is 11.7. The van der Waals surface area contributed by atoms with E-state index >= 15 is 0 Å². The lowest BCUT2D eigenvalue weighted by Gasteiger charge is -2.24. The van der Waals surface area contributed by atoms with Gasteiger partial charge in [-0.3, -0.25) is 4.79 Å². The van der Waals surface area contributed by atoms with E-state index in [9.17, 15) is 4.79 Å². The zero-order valence-corrected chi connectivity index (χ0v) is 11.2. The van der Waals surface area contributed by atoms with Crippen LogP contribution in [0.3, 0.4) is 0 Å². The molecule has 96 valence electrons. The van der Waals surface area contributed by atoms with Crippen LogP contribution >= 0.6 is 12.4 Å². The predicted octanol–water partition coefficient (Wildman–Crippen LogP) is 0.901. The third-order valence-corrected chi connectivity index (χ3v) is 2.87. The summed E-state index contributed by atoms with van der Waals surface area (Å²) in [5.41, 5.74) is 0. The van der Waals surface area contributed by atoms with E-state index < -0.39 is 0 Å². The Morgan fingerprint density at radius 3 is 2.69 bits per heavy atom. The van der Waals surface area contributed by atoms with Crippen molar-refractivity contribution in [3.8, 4) is 0 Å². The summed E-state index contributed by atoms with van der Waals surface area (Å²) in [5.74, 6) is 0.958. The Balaban J connectivity index is 0.00000225. The van der Waals surface area contributed by atoms with Crippen LogP contribution < -0.4 is 5.32 Å². The molecule has 1 unspecified atom stereocenters. The van der Waals surface area contributed by atoms with Crippen LogP contribution in [0.5, 0.6) is 0 Å². The molecular formula is C11H23ClN2O2. The van der Waals surface area contributed by atoms with Crippen LogP contribution in [-0.4, -0.2) is 50.7 Å². The van der Waals surface area contributed by atoms with Crippen LogP contribution in [0.4, 0.5) is 0 Å². The standard InChI is InChI=1S/C11H22N2O2.ClH/c1-9(8-15-3)13(2)11(14)7-12-6-10-4-5-10;/h9-10,12H,4-8H2,1-3H3;1H. The number of hydrogen-bond acceptors (Lipinski definition) is 3. The summed E-state index contributed by atoms with van der Waals surface area (Å²) in [5, 5.41) is 3.19. The summed E-state index contributed by atoms with van der Waals surface area (Å²) in [6.45, 7) is 4.01. The molecular weight excluding hydrogens is 228 g/mol. The number of carbonyl (C=O) groups excluding carboxylic acids is 1. The molecule has 0 aliphatic heterocycles. The minimum atomic E-state index is 0. The smallest absolute Gasteiger partial charge is 0.236 e. The number of methoxy groups -OCH3 is 1. The van der Waals surface area contributed by atoms with Gasteiger partial charge in [-0.25, -0.2) is 0 Å². The van der Waals surface area contributed by atoms with Crippen LogP contribution in [0.1, 0.15) is 19.8 Å². The fourth-order valence-corrected chi connectivity index (χ4v) is 1.43. The Morgan fingerprint density at radius 2 is 2.19 bits per heavy atom. The molecule has 1 atom stereocenters. The van der Waals surface area contributed by atoms with Crippen LogP contribution in [-0.2, 0) is 9.53 Å². The van der Waals surface area contributed by atoms with Crippen molar-refractivity contribution in [2.75, 3.05) is 33.9 Å². The van der Waals surface area contributed by atoms with Gasteiger partial charge in [0.15, 0.2) is 0 Å². The largest absolute Gasteiger partial charge is 0.383 e. The number of rotatable bonds is 7. The van der Waals surface area contributed by atoms with Crippen molar-refractivity contribution in [2.24, 2.45) is 5.92 Å². The van der Waals surface area contributed by atoms with Crippen molar-refractivity contribution in [3.05, 3.63) is 0 Å². The lowest BCUT2D eigenvalue weighted by Crippen LogP contribution is -2.42. The summed E-state index contributed by atoms with van der Waals surface area (Å²) in [4.78, 5) is 13.4. The second kappa shape index (κ2) is 7.87. The molecule has 0 saturated heterocycles. The number of likely N-dealkylation sites (N-methyl/N-ethyl adjacent to an activating group) is 1. The number of amides is 1. The van der Waals surface area contributed by atoms with Gasteiger partial charge in [-0.1, -0.05) is 0 Å². The molecule has 0 radical (unpaired) electrons. The topological polar surface area (TPSA) is 41.6 Å². The number of nitrogens with one attached hydrogen (secondary N) is 1. The molecule has 1 amide bonds. The van der Waals surface area contributed by atoms with Crippen LogP contribution in [0.2, 0.25) is 0 Å². The molecule has 1 saturated carbocycles. The molecule has 1 fully saturated rings. The Morgan fingerprint density at radius 1 is 1.56 bits per heavy atom. The first-order valence-corrected chi connectivity index (χ1v) is 5.60. The van der Waals surface area contributed by atoms with E-state index in [2.05, 4.69) is 5.32 Å². The quantitative estimate of drug-likeness (QED) is 0.730. The van der Waals surface area contributed by atoms with Crippen molar-refractivity contribution in [1.29, 1.82) is 0 Å². The van der Waals surface area contributed by atoms with E-state index in [0.717, 1.165) is 12.5 Å². The van der Waals surface area contributed by atoms with Gasteiger partial charge >= 0.3 is 0 Å². The normalized spacial score (nSPS) is 16.4. The Hall–Kier alpha value is -0.320. The first-order valence-electron chi connectivity index (χ1n) is 5.60. The van der Waals surface area contributed by atoms with Gasteiger partial charge in [-0.2, -0.15) is 0 Å². The summed E-state index contributed by atoms with van der Waals surface area (Å²) in [6.07, 6.45) is 2.63. The second-order valence-corrected chi connectivity index (χ2v) is 4.38. The van der Waals surface area contributed by atoms with Crippen LogP contribution in [0.15, 0.2) is 0 Å². The Bertz CT molecular complexity index is 210. The minimum Gasteiger partial charge on any atom is -0.383 e. The number of carbonyl (C=O) groups is 1. The predicted molar refractivity (Wildman–Crippen MR) is 66.9 cm³/mol. The zero-order valence-electron chi connectivity index (χ0n) is 10.4. The fraction of sp³-hybridized carbons (Fsp3) is 0.909. The average molecular weight is 251 g/mol. The SMILES string of the molecule is COCC(C)N(C)C(=O)CNCC1CC1.Cl. The summed E-state index contributed by atoms with van der Waals surface area (Å²) < 4.78 is 5.01. The molecule has 1 rings (SSSR count). The average Bonchev–Trinajstić information content (AvgIpc) is 3.00. The number of halogens is 1. The molecule has 0 spiro atoms. The van der Waals surface area contributed by atoms with Gasteiger partial charge in [0.25, 0.3) is 0 Å². The highest BCUT2D eigenvalue weighted by molar-refractivity contribution is 5.85. The van der Waals surface area contributed by atoms with Crippen molar-refractivity contribution in [3.63, 3.8) is 0 Å². The maximum Gasteiger partial charge on any atom is 0.236 e. The van der Waals surface area contributed by atoms with Gasteiger partial charge in [-0.05, 0) is 32.2 Å². The highest BCUT2D eigenvalue weighted by Gasteiger charge is 2.21. The fourth-order valence-electron chi connectivity index (χ4n) is 1.43. The van der Waals surface area contributed by atoms with E-state index in [-0.39, 0.29) is 24.4 Å². The molecule has 1 aliphatic carbocycles. The highest BCUT2D eigenvalue weighted by atomic mass is 35.5. The first kappa shape index (κ1) is 15.7. The molecule has 0 bridgehead atoms. The first-order chi connectivity index (χ1) is 7.15. The number of ether oxygens (including phenoxy) is 1. The van der Waals surface area contributed by atoms with E-state index in [4.69, 9.17) is 4.74 Å². The third kappa shape index (κ3) is 5.68. The van der Waals surface area contributed by atoms with Crippen molar-refractivity contribution in [1.82, 2.24) is 10.2 Å². The Labute approximate surface area is 104 Å². The molecule has 0 aromatic rings. The van der Waals surface area contributed by atoms with Crippen molar-refractivity contribution < 1.29 is 9.53 Å². The monoisotopic (exact) mass is 250 g/mol. The van der Waals surface area contributed by atoms with Gasteiger partial charge in [0.2, 0.25) is 5.91 Å². The number of nitrogens with zero attached hydrogens (tertiary/aromatic N) is 1. The van der Waals surface area contributed by atoms with Gasteiger partial charge in [-0.15, -0.1) is 12.4 Å². The summed E-state index contributed by atoms with van der Waals surface area (Å²) in [7, 11) is 3.48. The van der Waals surface area contributed by atoms with Crippen LogP contribution in [0.25, 0.3) is 0 Å². The van der Waals surface area contributed by atoms with E-state index in [1.54, 1.807) is 12.0 Å². The van der Waals surface area contributed by atoms with Gasteiger partial charge in [0, 0.05) is 14.2 Å². The molecule has 5 heteroatoms. The molecule has 0 aromatic carbocycles. The van der Waals surface area contributed by atoms with Gasteiger partial charge < -0.3 is 15.0 Å². The van der Waals surface area contributed by atoms with Crippen LogP contribution in [0, 0.1) is 5.92 Å². The van der Waals surface area contributed by atoms with E-state index in [1.807, 2.05) is 14.0 Å². The van der Waals surface area contributed by atoms with Crippen molar-refractivity contribution in [2.45, 2.75) is 25.8 Å². The Kier molecular flexibility index (Phi) is 7.72. The van der Waals surface area contributed by atoms with Crippen molar-refractivity contribution >= 4 is 18.3 Å². The maximum atomic E-state index is 11.7. The molecule has 16 heavy (non-hydrogen) atoms. The van der Waals surface area contributed by atoms with Gasteiger partial charge in [0.05, 0.1) is 19.2 Å². The molecule has 1 aliphatic rings. The van der Waals surface area contributed by atoms with E-state index in [0.29, 0.717) is 13.2 Å². The molecule has 0 aromatic heterocycles. The summed E-state index contributed by atoms with van der Waals surface area (Å²) >= 11 is 0. The minimum absolute atomic E-state index is 0. The molecule has 4 nitrogen and oxygen atoms in total. The highest BCUT2D eigenvalue weighted by Crippen LogP contribution is 2.27. The zero-order chi connectivity index (χ0) is 11.3. The molecule has 0 heterocycles. The second-order valence-electron chi connectivity index (χ2n) is 4.38. The molecule has 1 N–H and O–H groups in total. The lowest BCUT2D eigenvalue weighted by atomic mass is 10.3. The lowest BCUT2D eigenvalue weighted by molar-refractivity contribution is -0.131. The van der Waals surface area contributed by atoms with E-state index in [1.165, 1.54) is 12.8 Å². The third-order valence-electron chi connectivity index (χ3n) is 2.87.